The molecule has 0 spiro atoms. The molecular weight excluding hydrogens is 380 g/mol. The Bertz CT molecular complexity index is 1210. The van der Waals surface area contributed by atoms with Crippen molar-refractivity contribution in [2.45, 2.75) is 26.3 Å². The summed E-state index contributed by atoms with van der Waals surface area (Å²) < 4.78 is 7.13. The maximum atomic E-state index is 11.7. The van der Waals surface area contributed by atoms with Gasteiger partial charge in [-0.1, -0.05) is 12.2 Å². The number of hydrogen-bond acceptors (Lipinski definition) is 7. The predicted octanol–water partition coefficient (Wildman–Crippen LogP) is 0.378. The molecule has 8 heteroatoms. The monoisotopic (exact) mass is 404 g/mol. The van der Waals surface area contributed by atoms with Gasteiger partial charge in [0.05, 0.1) is 18.6 Å². The SMILES string of the molecule is CC(=O)c1ccc2nnc(CC3C=c4cc(CN5CCOCC5)cnc4=CC3)n2n1. The molecule has 5 rings (SSSR count). The molecule has 154 valence electrons. The van der Waals surface area contributed by atoms with Crippen LogP contribution in [0.4, 0.5) is 0 Å². The van der Waals surface area contributed by atoms with Gasteiger partial charge in [0.15, 0.2) is 17.3 Å². The number of hydrogen-bond donors (Lipinski definition) is 0. The van der Waals surface area contributed by atoms with E-state index in [0.717, 1.165) is 50.4 Å². The largest absolute Gasteiger partial charge is 0.379 e. The number of rotatable bonds is 5. The molecule has 4 heterocycles. The highest BCUT2D eigenvalue weighted by molar-refractivity contribution is 5.92. The minimum absolute atomic E-state index is 0.0677. The van der Waals surface area contributed by atoms with Crippen molar-refractivity contribution in [1.29, 1.82) is 0 Å². The molecule has 1 aliphatic carbocycles. The number of ether oxygens (including phenoxy) is 1. The number of nitrogens with zero attached hydrogens (tertiary/aromatic N) is 6. The van der Waals surface area contributed by atoms with Gasteiger partial charge in [0.2, 0.25) is 0 Å². The molecule has 0 N–H and O–H groups in total. The molecule has 2 aliphatic rings. The van der Waals surface area contributed by atoms with Gasteiger partial charge >= 0.3 is 0 Å². The van der Waals surface area contributed by atoms with Gasteiger partial charge in [0.1, 0.15) is 5.69 Å². The van der Waals surface area contributed by atoms with Crippen LogP contribution in [0, 0.1) is 5.92 Å². The van der Waals surface area contributed by atoms with Crippen molar-refractivity contribution in [2.24, 2.45) is 5.92 Å². The Balaban J connectivity index is 1.39. The highest BCUT2D eigenvalue weighted by Crippen LogP contribution is 2.16. The van der Waals surface area contributed by atoms with Crippen molar-refractivity contribution in [3.8, 4) is 0 Å². The summed E-state index contributed by atoms with van der Waals surface area (Å²) >= 11 is 0. The molecule has 3 aromatic rings. The van der Waals surface area contributed by atoms with E-state index in [2.05, 4.69) is 43.4 Å². The van der Waals surface area contributed by atoms with Gasteiger partial charge in [-0.2, -0.15) is 9.61 Å². The van der Waals surface area contributed by atoms with Gasteiger partial charge < -0.3 is 4.74 Å². The molecule has 3 aromatic heterocycles. The van der Waals surface area contributed by atoms with Crippen LogP contribution in [0.3, 0.4) is 0 Å². The molecule has 0 aromatic carbocycles. The van der Waals surface area contributed by atoms with E-state index in [1.165, 1.54) is 17.7 Å². The second kappa shape index (κ2) is 8.04. The van der Waals surface area contributed by atoms with E-state index in [9.17, 15) is 4.79 Å². The van der Waals surface area contributed by atoms with Gasteiger partial charge in [0.25, 0.3) is 0 Å². The third-order valence-corrected chi connectivity index (χ3v) is 5.68. The Kier molecular flexibility index (Phi) is 5.10. The predicted molar refractivity (Wildman–Crippen MR) is 111 cm³/mol. The van der Waals surface area contributed by atoms with E-state index in [0.29, 0.717) is 17.8 Å². The summed E-state index contributed by atoms with van der Waals surface area (Å²) in [4.78, 5) is 18.7. The topological polar surface area (TPSA) is 85.5 Å². The zero-order valence-corrected chi connectivity index (χ0v) is 17.0. The van der Waals surface area contributed by atoms with Crippen molar-refractivity contribution in [3.63, 3.8) is 0 Å². The third-order valence-electron chi connectivity index (χ3n) is 5.68. The molecule has 0 amide bonds. The summed E-state index contributed by atoms with van der Waals surface area (Å²) in [7, 11) is 0. The van der Waals surface area contributed by atoms with Crippen LogP contribution in [0.15, 0.2) is 24.4 Å². The Morgan fingerprint density at radius 3 is 2.93 bits per heavy atom. The summed E-state index contributed by atoms with van der Waals surface area (Å²) in [5.74, 6) is 0.985. The second-order valence-electron chi connectivity index (χ2n) is 7.94. The summed E-state index contributed by atoms with van der Waals surface area (Å²) in [6.45, 7) is 5.93. The maximum Gasteiger partial charge on any atom is 0.179 e. The Morgan fingerprint density at radius 2 is 2.10 bits per heavy atom. The lowest BCUT2D eigenvalue weighted by Gasteiger charge is -2.26. The fourth-order valence-corrected chi connectivity index (χ4v) is 4.06. The minimum Gasteiger partial charge on any atom is -0.379 e. The molecule has 1 aliphatic heterocycles. The summed E-state index contributed by atoms with van der Waals surface area (Å²) in [6, 6.07) is 5.72. The average Bonchev–Trinajstić information content (AvgIpc) is 3.16. The molecule has 0 saturated carbocycles. The second-order valence-corrected chi connectivity index (χ2v) is 7.94. The van der Waals surface area contributed by atoms with Crippen LogP contribution < -0.4 is 10.6 Å². The van der Waals surface area contributed by atoms with Crippen molar-refractivity contribution < 1.29 is 9.53 Å². The highest BCUT2D eigenvalue weighted by Gasteiger charge is 2.16. The minimum atomic E-state index is -0.0677. The van der Waals surface area contributed by atoms with E-state index in [1.54, 1.807) is 16.6 Å². The number of Topliss-reactive ketones (excluding diaryl/α,β-unsaturated/α-hetero) is 1. The van der Waals surface area contributed by atoms with Crippen LogP contribution in [0.5, 0.6) is 0 Å². The van der Waals surface area contributed by atoms with E-state index >= 15 is 0 Å². The van der Waals surface area contributed by atoms with Crippen LogP contribution in [0.25, 0.3) is 17.8 Å². The standard InChI is InChI=1S/C22H24N6O2/c1-15(29)19-4-5-21-24-25-22(28(21)26-19)12-16-2-3-20-18(10-16)11-17(13-23-20)14-27-6-8-30-9-7-27/h3-5,10-11,13,16H,2,6-9,12,14H2,1H3. The first-order chi connectivity index (χ1) is 14.7. The molecule has 1 fully saturated rings. The zero-order valence-electron chi connectivity index (χ0n) is 17.0. The van der Waals surface area contributed by atoms with E-state index in [1.807, 2.05) is 6.20 Å². The van der Waals surface area contributed by atoms with Crippen molar-refractivity contribution >= 4 is 23.6 Å². The average molecular weight is 404 g/mol. The molecule has 1 atom stereocenters. The number of pyridine rings is 1. The van der Waals surface area contributed by atoms with Crippen LogP contribution in [0.2, 0.25) is 0 Å². The van der Waals surface area contributed by atoms with Crippen LogP contribution >= 0.6 is 0 Å². The molecule has 1 unspecified atom stereocenters. The lowest BCUT2D eigenvalue weighted by Crippen LogP contribution is -2.37. The zero-order chi connectivity index (χ0) is 20.5. The highest BCUT2D eigenvalue weighted by atomic mass is 16.5. The van der Waals surface area contributed by atoms with Crippen molar-refractivity contribution in [2.75, 3.05) is 26.3 Å². The van der Waals surface area contributed by atoms with Crippen molar-refractivity contribution in [3.05, 3.63) is 52.0 Å². The van der Waals surface area contributed by atoms with E-state index < -0.39 is 0 Å². The van der Waals surface area contributed by atoms with Crippen LogP contribution in [-0.4, -0.2) is 61.8 Å². The Morgan fingerprint density at radius 1 is 1.23 bits per heavy atom. The molecule has 1 saturated heterocycles. The normalized spacial score (nSPS) is 19.2. The third kappa shape index (κ3) is 3.88. The molecular formula is C22H24N6O2. The smallest absolute Gasteiger partial charge is 0.179 e. The first kappa shape index (κ1) is 19.0. The number of fused-ring (bicyclic) bond motifs is 2. The Labute approximate surface area is 173 Å². The molecule has 0 bridgehead atoms. The summed E-state index contributed by atoms with van der Waals surface area (Å²) in [5, 5.41) is 15.1. The number of carbonyl (C=O) groups excluding carboxylic acids is 1. The molecule has 0 radical (unpaired) electrons. The first-order valence-electron chi connectivity index (χ1n) is 10.3. The fourth-order valence-electron chi connectivity index (χ4n) is 4.06. The number of morpholine rings is 1. The van der Waals surface area contributed by atoms with Gasteiger partial charge in [-0.05, 0) is 41.3 Å². The number of ketones is 1. The number of aromatic nitrogens is 5. The lowest BCUT2D eigenvalue weighted by atomic mass is 9.95. The van der Waals surface area contributed by atoms with Gasteiger partial charge in [-0.3, -0.25) is 14.7 Å². The molecule has 30 heavy (non-hydrogen) atoms. The summed E-state index contributed by atoms with van der Waals surface area (Å²) in [6.07, 6.45) is 8.05. The van der Waals surface area contributed by atoms with E-state index in [4.69, 9.17) is 4.74 Å². The van der Waals surface area contributed by atoms with Gasteiger partial charge in [-0.25, -0.2) is 0 Å². The fraction of sp³-hybridized carbons (Fsp3) is 0.409. The maximum absolute atomic E-state index is 11.7. The van der Waals surface area contributed by atoms with Crippen LogP contribution in [-0.2, 0) is 17.7 Å². The quantitative estimate of drug-likeness (QED) is 0.568. The Hall–Kier alpha value is -2.97. The summed E-state index contributed by atoms with van der Waals surface area (Å²) in [5.41, 5.74) is 2.30. The van der Waals surface area contributed by atoms with Gasteiger partial charge in [0, 0.05) is 39.2 Å². The first-order valence-corrected chi connectivity index (χ1v) is 10.3. The van der Waals surface area contributed by atoms with Gasteiger partial charge in [-0.15, -0.1) is 10.2 Å². The lowest BCUT2D eigenvalue weighted by molar-refractivity contribution is 0.0341. The van der Waals surface area contributed by atoms with Crippen molar-refractivity contribution in [1.82, 2.24) is 29.7 Å². The molecule has 8 nitrogen and oxygen atoms in total. The van der Waals surface area contributed by atoms with Crippen LogP contribution in [0.1, 0.15) is 35.2 Å². The van der Waals surface area contributed by atoms with E-state index in [-0.39, 0.29) is 11.7 Å². The number of carbonyl (C=O) groups is 1.